The standard InChI is InChI=1S/C8H6BrIN2O3/c1-15-7(13)4-2-5(9)6(11-3-4)12-8(10)14/h2-3H,1H3,(H,11,12,14). The lowest BCUT2D eigenvalue weighted by molar-refractivity contribution is 0.0600. The molecule has 1 N–H and O–H groups in total. The number of carbonyl (C=O) groups excluding carboxylic acids is 2. The highest BCUT2D eigenvalue weighted by atomic mass is 127. The Morgan fingerprint density at radius 3 is 2.73 bits per heavy atom. The molecule has 0 aromatic carbocycles. The Morgan fingerprint density at radius 1 is 1.60 bits per heavy atom. The summed E-state index contributed by atoms with van der Waals surface area (Å²) in [6.07, 6.45) is 1.33. The Morgan fingerprint density at radius 2 is 2.27 bits per heavy atom. The van der Waals surface area contributed by atoms with Crippen LogP contribution < -0.4 is 5.32 Å². The van der Waals surface area contributed by atoms with Crippen LogP contribution >= 0.6 is 38.5 Å². The van der Waals surface area contributed by atoms with Gasteiger partial charge in [-0.25, -0.2) is 9.78 Å². The summed E-state index contributed by atoms with van der Waals surface area (Å²) in [6, 6.07) is 1.53. The molecule has 1 aromatic heterocycles. The molecule has 0 saturated heterocycles. The van der Waals surface area contributed by atoms with Gasteiger partial charge in [-0.1, -0.05) is 0 Å². The van der Waals surface area contributed by atoms with Gasteiger partial charge in [0.15, 0.2) is 0 Å². The van der Waals surface area contributed by atoms with E-state index in [0.29, 0.717) is 15.9 Å². The maximum Gasteiger partial charge on any atom is 0.339 e. The number of anilines is 1. The van der Waals surface area contributed by atoms with Gasteiger partial charge in [0.25, 0.3) is 3.91 Å². The molecule has 1 rings (SSSR count). The summed E-state index contributed by atoms with van der Waals surface area (Å²) in [5.74, 6) is -0.113. The lowest BCUT2D eigenvalue weighted by Crippen LogP contribution is -2.06. The monoisotopic (exact) mass is 384 g/mol. The van der Waals surface area contributed by atoms with Crippen molar-refractivity contribution in [2.24, 2.45) is 0 Å². The van der Waals surface area contributed by atoms with E-state index in [9.17, 15) is 9.59 Å². The molecule has 0 saturated carbocycles. The smallest absolute Gasteiger partial charge is 0.339 e. The number of nitrogens with one attached hydrogen (secondary N) is 1. The Balaban J connectivity index is 2.97. The zero-order valence-corrected chi connectivity index (χ0v) is 11.3. The number of pyridine rings is 1. The van der Waals surface area contributed by atoms with Gasteiger partial charge in [0.05, 0.1) is 17.1 Å². The summed E-state index contributed by atoms with van der Waals surface area (Å²) in [6.45, 7) is 0. The fourth-order valence-electron chi connectivity index (χ4n) is 0.852. The molecule has 0 bridgehead atoms. The third-order valence-electron chi connectivity index (χ3n) is 1.48. The number of esters is 1. The third-order valence-corrected chi connectivity index (χ3v) is 2.35. The molecule has 80 valence electrons. The molecular weight excluding hydrogens is 379 g/mol. The minimum atomic E-state index is -0.476. The quantitative estimate of drug-likeness (QED) is 0.368. The zero-order chi connectivity index (χ0) is 11.4. The van der Waals surface area contributed by atoms with Crippen molar-refractivity contribution in [3.8, 4) is 0 Å². The van der Waals surface area contributed by atoms with E-state index in [1.807, 2.05) is 0 Å². The molecule has 0 atom stereocenters. The van der Waals surface area contributed by atoms with E-state index in [4.69, 9.17) is 0 Å². The molecule has 1 amide bonds. The Labute approximate surface area is 108 Å². The van der Waals surface area contributed by atoms with E-state index >= 15 is 0 Å². The van der Waals surface area contributed by atoms with Crippen LogP contribution in [0.3, 0.4) is 0 Å². The number of amides is 1. The van der Waals surface area contributed by atoms with Gasteiger partial charge in [0, 0.05) is 28.8 Å². The van der Waals surface area contributed by atoms with Crippen molar-refractivity contribution in [3.63, 3.8) is 0 Å². The molecule has 0 fully saturated rings. The van der Waals surface area contributed by atoms with Gasteiger partial charge in [0.1, 0.15) is 5.82 Å². The highest BCUT2D eigenvalue weighted by Gasteiger charge is 2.10. The first-order chi connectivity index (χ1) is 7.04. The van der Waals surface area contributed by atoms with Crippen molar-refractivity contribution in [3.05, 3.63) is 22.3 Å². The second-order valence-electron chi connectivity index (χ2n) is 2.44. The normalized spacial score (nSPS) is 9.53. The molecule has 1 heterocycles. The second kappa shape index (κ2) is 5.40. The third kappa shape index (κ3) is 3.42. The summed E-state index contributed by atoms with van der Waals surface area (Å²) in [5.41, 5.74) is 0.316. The fraction of sp³-hybridized carbons (Fsp3) is 0.125. The highest BCUT2D eigenvalue weighted by molar-refractivity contribution is 14.1. The number of methoxy groups -OCH3 is 1. The van der Waals surface area contributed by atoms with Crippen LogP contribution in [0.2, 0.25) is 0 Å². The van der Waals surface area contributed by atoms with Crippen molar-refractivity contribution in [2.75, 3.05) is 12.4 Å². The SMILES string of the molecule is COC(=O)c1cnc(NC(=O)I)c(Br)c1. The Hall–Kier alpha value is -0.700. The predicted octanol–water partition coefficient (Wildman–Crippen LogP) is 2.60. The van der Waals surface area contributed by atoms with E-state index in [1.54, 1.807) is 22.6 Å². The maximum atomic E-state index is 11.1. The van der Waals surface area contributed by atoms with Gasteiger partial charge in [-0.15, -0.1) is 0 Å². The molecule has 1 aromatic rings. The van der Waals surface area contributed by atoms with Gasteiger partial charge < -0.3 is 10.1 Å². The number of hydrogen-bond donors (Lipinski definition) is 1. The largest absolute Gasteiger partial charge is 0.465 e. The molecule has 0 spiro atoms. The summed E-state index contributed by atoms with van der Waals surface area (Å²) in [5, 5.41) is 2.49. The first kappa shape index (κ1) is 12.4. The average Bonchev–Trinajstić information content (AvgIpc) is 2.19. The number of nitrogens with zero attached hydrogens (tertiary/aromatic N) is 1. The number of rotatable bonds is 2. The minimum Gasteiger partial charge on any atom is -0.465 e. The van der Waals surface area contributed by atoms with Gasteiger partial charge >= 0.3 is 5.97 Å². The molecule has 0 radical (unpaired) electrons. The minimum absolute atomic E-state index is 0.258. The summed E-state index contributed by atoms with van der Waals surface area (Å²) < 4.78 is 4.79. The maximum absolute atomic E-state index is 11.1. The predicted molar refractivity (Wildman–Crippen MR) is 66.3 cm³/mol. The van der Waals surface area contributed by atoms with E-state index in [0.717, 1.165) is 0 Å². The first-order valence-electron chi connectivity index (χ1n) is 3.75. The van der Waals surface area contributed by atoms with Crippen LogP contribution in [0.5, 0.6) is 0 Å². The number of aromatic nitrogens is 1. The van der Waals surface area contributed by atoms with Gasteiger partial charge in [0.2, 0.25) is 0 Å². The van der Waals surface area contributed by atoms with Crippen LogP contribution in [0.25, 0.3) is 0 Å². The average molecular weight is 385 g/mol. The highest BCUT2D eigenvalue weighted by Crippen LogP contribution is 2.21. The van der Waals surface area contributed by atoms with Gasteiger partial charge in [-0.05, 0) is 22.0 Å². The molecule has 7 heteroatoms. The topological polar surface area (TPSA) is 68.3 Å². The molecular formula is C8H6BrIN2O3. The van der Waals surface area contributed by atoms with Gasteiger partial charge in [-0.2, -0.15) is 0 Å². The summed E-state index contributed by atoms with van der Waals surface area (Å²) >= 11 is 4.77. The number of hydrogen-bond acceptors (Lipinski definition) is 4. The van der Waals surface area contributed by atoms with Gasteiger partial charge in [-0.3, -0.25) is 4.79 Å². The molecule has 15 heavy (non-hydrogen) atoms. The van der Waals surface area contributed by atoms with Crippen molar-refractivity contribution in [1.29, 1.82) is 0 Å². The summed E-state index contributed by atoms with van der Waals surface area (Å²) in [7, 11) is 1.29. The molecule has 5 nitrogen and oxygen atoms in total. The van der Waals surface area contributed by atoms with Crippen LogP contribution in [-0.4, -0.2) is 22.0 Å². The Kier molecular flexibility index (Phi) is 4.45. The number of carbonyl (C=O) groups is 2. The van der Waals surface area contributed by atoms with Crippen LogP contribution in [0.1, 0.15) is 10.4 Å². The van der Waals surface area contributed by atoms with Crippen LogP contribution in [0.15, 0.2) is 16.7 Å². The summed E-state index contributed by atoms with van der Waals surface area (Å²) in [4.78, 5) is 25.8. The molecule has 0 aliphatic carbocycles. The van der Waals surface area contributed by atoms with Crippen LogP contribution in [0.4, 0.5) is 10.6 Å². The van der Waals surface area contributed by atoms with Crippen molar-refractivity contribution >= 4 is 54.2 Å². The molecule has 0 unspecified atom stereocenters. The Bertz CT molecular complexity index is 411. The second-order valence-corrected chi connectivity index (χ2v) is 4.28. The van der Waals surface area contributed by atoms with E-state index < -0.39 is 5.97 Å². The van der Waals surface area contributed by atoms with Crippen molar-refractivity contribution < 1.29 is 14.3 Å². The van der Waals surface area contributed by atoms with E-state index in [1.165, 1.54) is 19.4 Å². The molecule has 0 aliphatic rings. The van der Waals surface area contributed by atoms with Crippen LogP contribution in [0, 0.1) is 0 Å². The lowest BCUT2D eigenvalue weighted by atomic mass is 10.3. The zero-order valence-electron chi connectivity index (χ0n) is 7.58. The lowest BCUT2D eigenvalue weighted by Gasteiger charge is -2.04. The number of halogens is 2. The van der Waals surface area contributed by atoms with Crippen molar-refractivity contribution in [2.45, 2.75) is 0 Å². The molecule has 0 aliphatic heterocycles. The van der Waals surface area contributed by atoms with E-state index in [-0.39, 0.29) is 3.91 Å². The van der Waals surface area contributed by atoms with E-state index in [2.05, 4.69) is 31.0 Å². The van der Waals surface area contributed by atoms with Crippen LogP contribution in [-0.2, 0) is 4.74 Å². The first-order valence-corrected chi connectivity index (χ1v) is 5.62. The fourth-order valence-corrected chi connectivity index (χ4v) is 1.56. The van der Waals surface area contributed by atoms with Crippen molar-refractivity contribution in [1.82, 2.24) is 4.98 Å². The number of ether oxygens (including phenoxy) is 1.